The number of rotatable bonds is 4. The second-order valence-electron chi connectivity index (χ2n) is 7.20. The van der Waals surface area contributed by atoms with E-state index < -0.39 is 17.3 Å². The lowest BCUT2D eigenvalue weighted by Crippen LogP contribution is -2.37. The van der Waals surface area contributed by atoms with Crippen molar-refractivity contribution >= 4 is 11.0 Å². The van der Waals surface area contributed by atoms with E-state index in [2.05, 4.69) is 9.80 Å². The van der Waals surface area contributed by atoms with Crippen LogP contribution in [-0.2, 0) is 6.54 Å². The standard InChI is InChI=1S/C21H20F2N2O3/c1-24(2)5-6-25-11-18-19(27-12-25)4-3-13-9-17(21(26)28-20(13)18)14-7-15(22)10-16(23)8-14/h3-4,7-10H,5-6,11-12H2,1-2H3. The average molecular weight is 386 g/mol. The summed E-state index contributed by atoms with van der Waals surface area (Å²) >= 11 is 0. The van der Waals surface area contributed by atoms with Gasteiger partial charge < -0.3 is 14.1 Å². The van der Waals surface area contributed by atoms with E-state index in [9.17, 15) is 13.6 Å². The van der Waals surface area contributed by atoms with Crippen LogP contribution < -0.4 is 10.4 Å². The summed E-state index contributed by atoms with van der Waals surface area (Å²) in [6.45, 7) is 2.75. The van der Waals surface area contributed by atoms with E-state index in [4.69, 9.17) is 9.15 Å². The van der Waals surface area contributed by atoms with Crippen molar-refractivity contribution in [3.63, 3.8) is 0 Å². The van der Waals surface area contributed by atoms with Crippen molar-refractivity contribution in [1.29, 1.82) is 0 Å². The van der Waals surface area contributed by atoms with Gasteiger partial charge in [0.2, 0.25) is 0 Å². The molecule has 0 unspecified atom stereocenters. The Morgan fingerprint density at radius 1 is 1.11 bits per heavy atom. The van der Waals surface area contributed by atoms with Gasteiger partial charge in [-0.2, -0.15) is 0 Å². The van der Waals surface area contributed by atoms with Crippen LogP contribution in [0.3, 0.4) is 0 Å². The zero-order valence-corrected chi connectivity index (χ0v) is 15.7. The Morgan fingerprint density at radius 2 is 1.86 bits per heavy atom. The number of hydrogen-bond acceptors (Lipinski definition) is 5. The monoisotopic (exact) mass is 386 g/mol. The predicted molar refractivity (Wildman–Crippen MR) is 102 cm³/mol. The largest absolute Gasteiger partial charge is 0.478 e. The summed E-state index contributed by atoms with van der Waals surface area (Å²) in [5.74, 6) is -0.809. The van der Waals surface area contributed by atoms with Crippen molar-refractivity contribution in [2.24, 2.45) is 0 Å². The van der Waals surface area contributed by atoms with Crippen molar-refractivity contribution in [3.8, 4) is 16.9 Å². The lowest BCUT2D eigenvalue weighted by atomic mass is 10.0. The molecule has 0 bridgehead atoms. The van der Waals surface area contributed by atoms with Gasteiger partial charge in [0.05, 0.1) is 11.1 Å². The first-order valence-corrected chi connectivity index (χ1v) is 8.97. The molecule has 28 heavy (non-hydrogen) atoms. The molecule has 0 aliphatic carbocycles. The van der Waals surface area contributed by atoms with Gasteiger partial charge in [0.1, 0.15) is 29.7 Å². The van der Waals surface area contributed by atoms with E-state index in [0.29, 0.717) is 30.0 Å². The number of nitrogens with zero attached hydrogens (tertiary/aromatic N) is 2. The molecule has 0 saturated heterocycles. The van der Waals surface area contributed by atoms with E-state index in [-0.39, 0.29) is 11.1 Å². The summed E-state index contributed by atoms with van der Waals surface area (Å²) in [6, 6.07) is 8.22. The van der Waals surface area contributed by atoms with E-state index in [0.717, 1.165) is 36.9 Å². The van der Waals surface area contributed by atoms with Crippen molar-refractivity contribution in [1.82, 2.24) is 9.80 Å². The summed E-state index contributed by atoms with van der Waals surface area (Å²) in [5, 5.41) is 0.677. The molecule has 1 aliphatic rings. The molecule has 1 aliphatic heterocycles. The molecule has 3 aromatic rings. The van der Waals surface area contributed by atoms with Crippen LogP contribution in [-0.4, -0.2) is 43.7 Å². The highest BCUT2D eigenvalue weighted by molar-refractivity contribution is 5.86. The summed E-state index contributed by atoms with van der Waals surface area (Å²) < 4.78 is 38.5. The number of halogens is 2. The van der Waals surface area contributed by atoms with Crippen LogP contribution >= 0.6 is 0 Å². The number of likely N-dealkylation sites (N-methyl/N-ethyl adjacent to an activating group) is 1. The maximum Gasteiger partial charge on any atom is 0.344 e. The smallest absolute Gasteiger partial charge is 0.344 e. The third-order valence-corrected chi connectivity index (χ3v) is 4.78. The predicted octanol–water partition coefficient (Wildman–Crippen LogP) is 3.45. The van der Waals surface area contributed by atoms with Crippen LogP contribution in [0.4, 0.5) is 8.78 Å². The molecule has 0 N–H and O–H groups in total. The van der Waals surface area contributed by atoms with Gasteiger partial charge in [-0.3, -0.25) is 4.90 Å². The van der Waals surface area contributed by atoms with Gasteiger partial charge >= 0.3 is 5.63 Å². The first-order chi connectivity index (χ1) is 13.4. The molecular weight excluding hydrogens is 366 g/mol. The maximum absolute atomic E-state index is 13.6. The number of hydrogen-bond donors (Lipinski definition) is 0. The molecule has 0 atom stereocenters. The highest BCUT2D eigenvalue weighted by Gasteiger charge is 2.22. The summed E-state index contributed by atoms with van der Waals surface area (Å²) in [6.07, 6.45) is 0. The fourth-order valence-electron chi connectivity index (χ4n) is 3.33. The van der Waals surface area contributed by atoms with Gasteiger partial charge in [0, 0.05) is 31.1 Å². The molecule has 7 heteroatoms. The van der Waals surface area contributed by atoms with Crippen LogP contribution in [0.2, 0.25) is 0 Å². The topological polar surface area (TPSA) is 45.9 Å². The average Bonchev–Trinajstić information content (AvgIpc) is 2.65. The Morgan fingerprint density at radius 3 is 2.57 bits per heavy atom. The van der Waals surface area contributed by atoms with Gasteiger partial charge in [-0.25, -0.2) is 13.6 Å². The Balaban J connectivity index is 1.76. The second-order valence-corrected chi connectivity index (χ2v) is 7.20. The lowest BCUT2D eigenvalue weighted by molar-refractivity contribution is 0.0890. The fraction of sp³-hybridized carbons (Fsp3) is 0.286. The third-order valence-electron chi connectivity index (χ3n) is 4.78. The molecule has 2 aromatic carbocycles. The molecule has 146 valence electrons. The van der Waals surface area contributed by atoms with Crippen LogP contribution in [0.15, 0.2) is 45.6 Å². The molecule has 5 nitrogen and oxygen atoms in total. The summed E-state index contributed by atoms with van der Waals surface area (Å²) in [5.41, 5.74) is 0.868. The van der Waals surface area contributed by atoms with E-state index >= 15 is 0 Å². The van der Waals surface area contributed by atoms with Gasteiger partial charge in [-0.15, -0.1) is 0 Å². The zero-order valence-electron chi connectivity index (χ0n) is 15.7. The molecule has 1 aromatic heterocycles. The van der Waals surface area contributed by atoms with Crippen molar-refractivity contribution in [2.75, 3.05) is 33.9 Å². The van der Waals surface area contributed by atoms with Gasteiger partial charge in [-0.1, -0.05) is 0 Å². The fourth-order valence-corrected chi connectivity index (χ4v) is 3.33. The third kappa shape index (κ3) is 3.63. The number of benzene rings is 2. The van der Waals surface area contributed by atoms with Gasteiger partial charge in [0.15, 0.2) is 0 Å². The quantitative estimate of drug-likeness (QED) is 0.643. The van der Waals surface area contributed by atoms with Crippen LogP contribution in [0.1, 0.15) is 5.56 Å². The molecular formula is C21H20F2N2O3. The molecule has 0 radical (unpaired) electrons. The summed E-state index contributed by atoms with van der Waals surface area (Å²) in [4.78, 5) is 16.8. The SMILES string of the molecule is CN(C)CCN1COc2ccc3cc(-c4cc(F)cc(F)c4)c(=O)oc3c2C1. The van der Waals surface area contributed by atoms with Crippen molar-refractivity contribution in [3.05, 3.63) is 64.0 Å². The van der Waals surface area contributed by atoms with E-state index in [1.54, 1.807) is 12.1 Å². The van der Waals surface area contributed by atoms with Crippen LogP contribution in [0.25, 0.3) is 22.1 Å². The molecule has 0 amide bonds. The van der Waals surface area contributed by atoms with Gasteiger partial charge in [-0.05, 0) is 50.0 Å². The molecule has 0 fully saturated rings. The van der Waals surface area contributed by atoms with Crippen LogP contribution in [0, 0.1) is 11.6 Å². The summed E-state index contributed by atoms with van der Waals surface area (Å²) in [7, 11) is 4.01. The Kier molecular flexibility index (Phi) is 4.87. The first-order valence-electron chi connectivity index (χ1n) is 8.97. The second kappa shape index (κ2) is 7.33. The number of fused-ring (bicyclic) bond motifs is 3. The maximum atomic E-state index is 13.6. The van der Waals surface area contributed by atoms with Crippen molar-refractivity contribution < 1.29 is 17.9 Å². The minimum atomic E-state index is -0.745. The molecule has 0 spiro atoms. The number of ether oxygens (including phenoxy) is 1. The highest BCUT2D eigenvalue weighted by atomic mass is 19.1. The first kappa shape index (κ1) is 18.6. The Labute approximate surface area is 160 Å². The lowest BCUT2D eigenvalue weighted by Gasteiger charge is -2.30. The Hall–Kier alpha value is -2.77. The van der Waals surface area contributed by atoms with Gasteiger partial charge in [0.25, 0.3) is 0 Å². The van der Waals surface area contributed by atoms with Crippen molar-refractivity contribution in [2.45, 2.75) is 6.54 Å². The molecule has 2 heterocycles. The zero-order chi connectivity index (χ0) is 19.8. The van der Waals surface area contributed by atoms with Crippen LogP contribution in [0.5, 0.6) is 5.75 Å². The molecule has 0 saturated carbocycles. The molecule has 4 rings (SSSR count). The highest BCUT2D eigenvalue weighted by Crippen LogP contribution is 2.33. The Bertz CT molecular complexity index is 1070. The van der Waals surface area contributed by atoms with E-state index in [1.165, 1.54) is 0 Å². The van der Waals surface area contributed by atoms with E-state index in [1.807, 2.05) is 20.2 Å². The normalized spacial score (nSPS) is 14.3. The minimum Gasteiger partial charge on any atom is -0.478 e. The minimum absolute atomic E-state index is 0.118.